The van der Waals surface area contributed by atoms with Gasteiger partial charge >= 0.3 is 5.97 Å². The van der Waals surface area contributed by atoms with Crippen molar-refractivity contribution in [1.29, 1.82) is 0 Å². The number of non-ortho nitro benzene ring substituents is 1. The zero-order valence-corrected chi connectivity index (χ0v) is 17.1. The van der Waals surface area contributed by atoms with E-state index in [1.54, 1.807) is 12.1 Å². The minimum Gasteiger partial charge on any atom is -0.493 e. The lowest BCUT2D eigenvalue weighted by atomic mass is 10.2. The van der Waals surface area contributed by atoms with Gasteiger partial charge < -0.3 is 18.8 Å². The molecule has 0 aliphatic heterocycles. The highest BCUT2D eigenvalue weighted by atomic mass is 32.1. The molecule has 1 aromatic heterocycles. The summed E-state index contributed by atoms with van der Waals surface area (Å²) in [5, 5.41) is 11.1. The van der Waals surface area contributed by atoms with Crippen LogP contribution >= 0.6 is 11.3 Å². The van der Waals surface area contributed by atoms with Gasteiger partial charge in [0.25, 0.3) is 11.6 Å². The quantitative estimate of drug-likeness (QED) is 0.334. The van der Waals surface area contributed by atoms with Crippen molar-refractivity contribution < 1.29 is 28.7 Å². The molecule has 0 saturated carbocycles. The van der Waals surface area contributed by atoms with E-state index < -0.39 is 16.8 Å². The number of ether oxygens (including phenoxy) is 3. The lowest BCUT2D eigenvalue weighted by molar-refractivity contribution is -0.384. The van der Waals surface area contributed by atoms with Gasteiger partial charge in [-0.15, -0.1) is 0 Å². The van der Waals surface area contributed by atoms with Crippen molar-refractivity contribution in [3.8, 4) is 11.5 Å². The molecule has 0 unspecified atom stereocenters. The molecule has 11 heteroatoms. The number of fused-ring (bicyclic) bond motifs is 1. The molecule has 10 nitrogen and oxygen atoms in total. The van der Waals surface area contributed by atoms with Crippen LogP contribution in [0, 0.1) is 10.1 Å². The Hall–Kier alpha value is -3.73. The van der Waals surface area contributed by atoms with Gasteiger partial charge in [0.1, 0.15) is 6.54 Å². The number of nitrogens with zero attached hydrogens (tertiary/aromatic N) is 3. The number of amides is 1. The number of benzene rings is 2. The Morgan fingerprint density at radius 1 is 1.17 bits per heavy atom. The van der Waals surface area contributed by atoms with Crippen LogP contribution in [0.4, 0.5) is 5.69 Å². The van der Waals surface area contributed by atoms with Crippen molar-refractivity contribution in [2.75, 3.05) is 21.3 Å². The molecule has 0 atom stereocenters. The third-order valence-corrected chi connectivity index (χ3v) is 5.26. The Kier molecular flexibility index (Phi) is 6.11. The van der Waals surface area contributed by atoms with Crippen LogP contribution in [0.25, 0.3) is 10.2 Å². The average molecular weight is 431 g/mol. The highest BCUT2D eigenvalue weighted by Crippen LogP contribution is 2.31. The van der Waals surface area contributed by atoms with Gasteiger partial charge in [-0.1, -0.05) is 17.4 Å². The molecule has 0 N–H and O–H groups in total. The number of carbonyl (C=O) groups is 2. The Morgan fingerprint density at radius 3 is 2.57 bits per heavy atom. The lowest BCUT2D eigenvalue weighted by Gasteiger charge is -2.10. The number of carbonyl (C=O) groups excluding carboxylic acids is 2. The number of para-hydroxylation sites is 1. The lowest BCUT2D eigenvalue weighted by Crippen LogP contribution is -2.22. The SMILES string of the molecule is COC(=O)Cn1c(=NC(=O)c2cccc(OC)c2OC)sc2cc([N+](=O)[O-])ccc21. The summed E-state index contributed by atoms with van der Waals surface area (Å²) < 4.78 is 17.2. The van der Waals surface area contributed by atoms with E-state index >= 15 is 0 Å². The van der Waals surface area contributed by atoms with E-state index in [2.05, 4.69) is 4.99 Å². The van der Waals surface area contributed by atoms with Crippen molar-refractivity contribution >= 4 is 39.1 Å². The summed E-state index contributed by atoms with van der Waals surface area (Å²) in [6.07, 6.45) is 0. The van der Waals surface area contributed by atoms with Crippen molar-refractivity contribution in [2.24, 2.45) is 4.99 Å². The smallest absolute Gasteiger partial charge is 0.325 e. The minimum atomic E-state index is -0.620. The first-order valence-corrected chi connectivity index (χ1v) is 9.36. The summed E-state index contributed by atoms with van der Waals surface area (Å²) in [5.41, 5.74) is 0.575. The molecule has 0 aliphatic rings. The van der Waals surface area contributed by atoms with Crippen LogP contribution in [0.2, 0.25) is 0 Å². The molecule has 0 bridgehead atoms. The predicted octanol–water partition coefficient (Wildman–Crippen LogP) is 2.54. The van der Waals surface area contributed by atoms with E-state index in [1.165, 1.54) is 50.2 Å². The molecule has 3 rings (SSSR count). The van der Waals surface area contributed by atoms with Crippen LogP contribution < -0.4 is 14.3 Å². The van der Waals surface area contributed by atoms with E-state index in [0.717, 1.165) is 11.3 Å². The second kappa shape index (κ2) is 8.74. The molecular weight excluding hydrogens is 414 g/mol. The van der Waals surface area contributed by atoms with Gasteiger partial charge in [-0.2, -0.15) is 4.99 Å². The van der Waals surface area contributed by atoms with E-state index in [4.69, 9.17) is 14.2 Å². The number of hydrogen-bond donors (Lipinski definition) is 0. The maximum atomic E-state index is 12.9. The van der Waals surface area contributed by atoms with Gasteiger partial charge in [0, 0.05) is 12.1 Å². The third kappa shape index (κ3) is 4.01. The van der Waals surface area contributed by atoms with Crippen LogP contribution in [0.15, 0.2) is 41.4 Å². The van der Waals surface area contributed by atoms with E-state index in [9.17, 15) is 19.7 Å². The number of esters is 1. The van der Waals surface area contributed by atoms with Crippen LogP contribution in [0.1, 0.15) is 10.4 Å². The monoisotopic (exact) mass is 431 g/mol. The number of methoxy groups -OCH3 is 3. The maximum absolute atomic E-state index is 12.9. The Labute approximate surface area is 174 Å². The average Bonchev–Trinajstić information content (AvgIpc) is 3.08. The molecule has 0 saturated heterocycles. The summed E-state index contributed by atoms with van der Waals surface area (Å²) >= 11 is 1.05. The second-order valence-electron chi connectivity index (χ2n) is 5.91. The van der Waals surface area contributed by atoms with Gasteiger partial charge in [0.05, 0.1) is 42.0 Å². The van der Waals surface area contributed by atoms with Crippen molar-refractivity contribution in [3.05, 3.63) is 56.9 Å². The molecule has 3 aromatic rings. The molecule has 2 aromatic carbocycles. The minimum absolute atomic E-state index is 0.110. The Balaban J connectivity index is 2.19. The molecule has 0 radical (unpaired) electrons. The first-order valence-electron chi connectivity index (χ1n) is 8.54. The highest BCUT2D eigenvalue weighted by molar-refractivity contribution is 7.16. The molecule has 0 aliphatic carbocycles. The topological polar surface area (TPSA) is 122 Å². The predicted molar refractivity (Wildman–Crippen MR) is 108 cm³/mol. The standard InChI is InChI=1S/C19H17N3O7S/c1-27-14-6-4-5-12(17(14)29-3)18(24)20-19-21(10-16(23)28-2)13-8-7-11(22(25)26)9-15(13)30-19/h4-9H,10H2,1-3H3. The summed E-state index contributed by atoms with van der Waals surface area (Å²) in [4.78, 5) is 39.7. The Morgan fingerprint density at radius 2 is 1.93 bits per heavy atom. The summed E-state index contributed by atoms with van der Waals surface area (Å²) in [6, 6.07) is 8.99. The number of hydrogen-bond acceptors (Lipinski definition) is 8. The van der Waals surface area contributed by atoms with Gasteiger partial charge in [-0.05, 0) is 18.2 Å². The second-order valence-corrected chi connectivity index (χ2v) is 6.92. The number of nitro groups is 1. The van der Waals surface area contributed by atoms with Crippen LogP contribution in [0.3, 0.4) is 0 Å². The van der Waals surface area contributed by atoms with E-state index in [1.807, 2.05) is 0 Å². The summed E-state index contributed by atoms with van der Waals surface area (Å²) in [7, 11) is 4.10. The summed E-state index contributed by atoms with van der Waals surface area (Å²) in [5.74, 6) is -0.579. The third-order valence-electron chi connectivity index (χ3n) is 4.22. The first kappa shape index (κ1) is 21.0. The van der Waals surface area contributed by atoms with Crippen LogP contribution in [-0.2, 0) is 16.1 Å². The molecular formula is C19H17N3O7S. The Bertz CT molecular complexity index is 1210. The number of aromatic nitrogens is 1. The van der Waals surface area contributed by atoms with Gasteiger partial charge in [0.2, 0.25) is 0 Å². The van der Waals surface area contributed by atoms with E-state index in [0.29, 0.717) is 16.0 Å². The van der Waals surface area contributed by atoms with Gasteiger partial charge in [0.15, 0.2) is 16.3 Å². The largest absolute Gasteiger partial charge is 0.493 e. The fourth-order valence-electron chi connectivity index (χ4n) is 2.81. The van der Waals surface area contributed by atoms with Crippen LogP contribution in [0.5, 0.6) is 11.5 Å². The normalized spacial score (nSPS) is 11.4. The number of rotatable bonds is 6. The maximum Gasteiger partial charge on any atom is 0.325 e. The number of thiazole rings is 1. The first-order chi connectivity index (χ1) is 14.4. The van der Waals surface area contributed by atoms with E-state index in [-0.39, 0.29) is 28.3 Å². The molecule has 1 amide bonds. The summed E-state index contributed by atoms with van der Waals surface area (Å²) in [6.45, 7) is -0.213. The van der Waals surface area contributed by atoms with Crippen molar-refractivity contribution in [1.82, 2.24) is 4.57 Å². The molecule has 0 fully saturated rings. The molecule has 30 heavy (non-hydrogen) atoms. The fourth-order valence-corrected chi connectivity index (χ4v) is 3.87. The van der Waals surface area contributed by atoms with Crippen LogP contribution in [-0.4, -0.2) is 42.7 Å². The molecule has 156 valence electrons. The van der Waals surface area contributed by atoms with Gasteiger partial charge in [-0.25, -0.2) is 0 Å². The highest BCUT2D eigenvalue weighted by Gasteiger charge is 2.18. The van der Waals surface area contributed by atoms with Gasteiger partial charge in [-0.3, -0.25) is 19.7 Å². The fraction of sp³-hybridized carbons (Fsp3) is 0.211. The van der Waals surface area contributed by atoms with Crippen molar-refractivity contribution in [3.63, 3.8) is 0 Å². The zero-order chi connectivity index (χ0) is 21.8. The number of nitro benzene ring substituents is 1. The molecule has 0 spiro atoms. The zero-order valence-electron chi connectivity index (χ0n) is 16.3. The van der Waals surface area contributed by atoms with Crippen molar-refractivity contribution in [2.45, 2.75) is 6.54 Å². The molecule has 1 heterocycles.